The van der Waals surface area contributed by atoms with Crippen molar-refractivity contribution in [1.82, 2.24) is 4.98 Å². The monoisotopic (exact) mass is 122 g/mol. The summed E-state index contributed by atoms with van der Waals surface area (Å²) in [6.45, 7) is 0. The molecule has 1 aliphatic rings. The Morgan fingerprint density at radius 2 is 2.67 bits per heavy atom. The molecule has 3 N–H and O–H groups in total. The van der Waals surface area contributed by atoms with E-state index in [1.54, 1.807) is 11.6 Å². The number of nitrogens with two attached hydrogens (primary N) is 1. The van der Waals surface area contributed by atoms with Gasteiger partial charge in [-0.1, -0.05) is 0 Å². The number of rotatable bonds is 0. The minimum absolute atomic E-state index is 0.914. The fourth-order valence-electron chi connectivity index (χ4n) is 0.778. The normalized spacial score (nSPS) is 14.7. The highest BCUT2D eigenvalue weighted by Crippen LogP contribution is 2.16. The first-order valence-electron chi connectivity index (χ1n) is 2.71. The Bertz CT molecular complexity index is 199. The van der Waals surface area contributed by atoms with Crippen molar-refractivity contribution in [3.63, 3.8) is 0 Å². The molecule has 1 aliphatic heterocycles. The van der Waals surface area contributed by atoms with Crippen LogP contribution in [0.3, 0.4) is 0 Å². The van der Waals surface area contributed by atoms with E-state index in [1.807, 2.05) is 12.1 Å². The Morgan fingerprint density at radius 1 is 1.67 bits per heavy atom. The number of fused-ring (bicyclic) bond motifs is 1. The molecule has 0 fully saturated rings. The van der Waals surface area contributed by atoms with E-state index < -0.39 is 0 Å². The van der Waals surface area contributed by atoms with Crippen LogP contribution in [0.2, 0.25) is 0 Å². The molecule has 0 aliphatic carbocycles. The molecule has 1 aromatic rings. The molecule has 0 spiro atoms. The Balaban J connectivity index is 2.54. The molecule has 0 bridgehead atoms. The van der Waals surface area contributed by atoms with Crippen molar-refractivity contribution in [2.24, 2.45) is 0 Å². The zero-order valence-electron chi connectivity index (χ0n) is 4.70. The van der Waals surface area contributed by atoms with Crippen LogP contribution in [0.25, 0.3) is 5.53 Å². The molecule has 0 saturated heterocycles. The van der Waals surface area contributed by atoms with Crippen LogP contribution in [0.15, 0.2) is 18.3 Å². The van der Waals surface area contributed by atoms with E-state index in [4.69, 9.17) is 0 Å². The summed E-state index contributed by atoms with van der Waals surface area (Å²) in [5, 5.41) is 0. The highest BCUT2D eigenvalue weighted by Gasteiger charge is 2.04. The summed E-state index contributed by atoms with van der Waals surface area (Å²) in [6, 6.07) is 3.82. The van der Waals surface area contributed by atoms with Gasteiger partial charge in [-0.3, -0.25) is 0 Å². The topological polar surface area (TPSA) is 55.6 Å². The third-order valence-corrected chi connectivity index (χ3v) is 1.21. The highest BCUT2D eigenvalue weighted by atomic mass is 15.6. The van der Waals surface area contributed by atoms with Gasteiger partial charge in [0, 0.05) is 6.20 Å². The Hall–Kier alpha value is -1.13. The second kappa shape index (κ2) is 1.68. The van der Waals surface area contributed by atoms with Gasteiger partial charge < -0.3 is 16.4 Å². The molecular formula is C5H6N4. The number of hydrogen-bond acceptors (Lipinski definition) is 2. The molecule has 0 atom stereocenters. The first-order chi connectivity index (χ1) is 4.47. The van der Waals surface area contributed by atoms with Crippen LogP contribution in [0.5, 0.6) is 0 Å². The molecule has 9 heavy (non-hydrogen) atoms. The minimum atomic E-state index is 0.914. The van der Waals surface area contributed by atoms with Gasteiger partial charge in [0.15, 0.2) is 0 Å². The Morgan fingerprint density at radius 3 is 3.56 bits per heavy atom. The lowest BCUT2D eigenvalue weighted by Gasteiger charge is -2.00. The zero-order valence-corrected chi connectivity index (χ0v) is 4.70. The van der Waals surface area contributed by atoms with E-state index in [2.05, 4.69) is 15.9 Å². The third kappa shape index (κ3) is 0.647. The number of quaternary nitrogens is 1. The quantitative estimate of drug-likeness (QED) is 0.472. The molecule has 2 heterocycles. The van der Waals surface area contributed by atoms with Crippen LogP contribution in [0.4, 0.5) is 11.5 Å². The summed E-state index contributed by atoms with van der Waals surface area (Å²) in [7, 11) is 0. The zero-order chi connectivity index (χ0) is 6.10. The maximum absolute atomic E-state index is 4.05. The van der Waals surface area contributed by atoms with Gasteiger partial charge in [-0.2, -0.15) is 0 Å². The Kier molecular flexibility index (Phi) is 0.881. The van der Waals surface area contributed by atoms with Crippen LogP contribution in [-0.4, -0.2) is 4.98 Å². The van der Waals surface area contributed by atoms with E-state index in [0.29, 0.717) is 0 Å². The molecule has 0 amide bonds. The van der Waals surface area contributed by atoms with E-state index in [9.17, 15) is 0 Å². The van der Waals surface area contributed by atoms with Crippen LogP contribution in [0.1, 0.15) is 0 Å². The van der Waals surface area contributed by atoms with Crippen molar-refractivity contribution in [3.05, 3.63) is 23.9 Å². The van der Waals surface area contributed by atoms with Crippen molar-refractivity contribution >= 4 is 11.5 Å². The summed E-state index contributed by atoms with van der Waals surface area (Å²) < 4.78 is 0. The summed E-state index contributed by atoms with van der Waals surface area (Å²) in [5.74, 6) is 0.914. The predicted octanol–water partition coefficient (Wildman–Crippen LogP) is -0.0943. The van der Waals surface area contributed by atoms with Crippen LogP contribution < -0.4 is 10.9 Å². The molecule has 2 rings (SSSR count). The lowest BCUT2D eigenvalue weighted by Crippen LogP contribution is -2.70. The molecule has 0 unspecified atom stereocenters. The van der Waals surface area contributed by atoms with Gasteiger partial charge >= 0.3 is 0 Å². The fraction of sp³-hybridized carbons (Fsp3) is 0. The van der Waals surface area contributed by atoms with Crippen molar-refractivity contribution in [2.45, 2.75) is 0 Å². The number of nitrogens with zero attached hydrogens (tertiary/aromatic N) is 2. The molecule has 0 saturated carbocycles. The van der Waals surface area contributed by atoms with Crippen LogP contribution >= 0.6 is 0 Å². The molecule has 4 heteroatoms. The predicted molar refractivity (Wildman–Crippen MR) is 32.8 cm³/mol. The SMILES string of the molecule is c1cnc2c(c1)N[N-][NH2+]2. The van der Waals surface area contributed by atoms with Gasteiger partial charge in [-0.15, -0.1) is 0 Å². The number of nitrogens with one attached hydrogen (secondary N) is 1. The molecule has 0 radical (unpaired) electrons. The van der Waals surface area contributed by atoms with Gasteiger partial charge in [0.05, 0.1) is 0 Å². The van der Waals surface area contributed by atoms with E-state index in [0.717, 1.165) is 11.5 Å². The van der Waals surface area contributed by atoms with Gasteiger partial charge in [-0.25, -0.2) is 4.98 Å². The number of anilines is 1. The molecule has 4 nitrogen and oxygen atoms in total. The van der Waals surface area contributed by atoms with E-state index >= 15 is 0 Å². The average molecular weight is 122 g/mol. The summed E-state index contributed by atoms with van der Waals surface area (Å²) in [6.07, 6.45) is 1.75. The lowest BCUT2D eigenvalue weighted by molar-refractivity contribution is -0.513. The smallest absolute Gasteiger partial charge is 0.238 e. The highest BCUT2D eigenvalue weighted by molar-refractivity contribution is 5.59. The summed E-state index contributed by atoms with van der Waals surface area (Å²) in [5.41, 5.74) is 9.31. The van der Waals surface area contributed by atoms with Gasteiger partial charge in [-0.05, 0) is 12.1 Å². The van der Waals surface area contributed by atoms with Gasteiger partial charge in [0.2, 0.25) is 5.82 Å². The standard InChI is InChI=1S/C5H6N4/c1-2-4-5(6-3-1)8-9-7-4/h1-3,7H,8H2. The van der Waals surface area contributed by atoms with Gasteiger partial charge in [0.25, 0.3) is 0 Å². The second-order valence-corrected chi connectivity index (χ2v) is 1.81. The fourth-order valence-corrected chi connectivity index (χ4v) is 0.778. The number of aromatic nitrogens is 1. The maximum Gasteiger partial charge on any atom is 0.238 e. The molecular weight excluding hydrogens is 116 g/mol. The second-order valence-electron chi connectivity index (χ2n) is 1.81. The van der Waals surface area contributed by atoms with Crippen molar-refractivity contribution in [1.29, 1.82) is 0 Å². The first kappa shape index (κ1) is 4.72. The van der Waals surface area contributed by atoms with E-state index in [-0.39, 0.29) is 0 Å². The molecule has 46 valence electrons. The minimum Gasteiger partial charge on any atom is -0.433 e. The lowest BCUT2D eigenvalue weighted by atomic mass is 10.4. The van der Waals surface area contributed by atoms with E-state index in [1.165, 1.54) is 0 Å². The number of hydrogen-bond donors (Lipinski definition) is 2. The third-order valence-electron chi connectivity index (χ3n) is 1.21. The van der Waals surface area contributed by atoms with Crippen molar-refractivity contribution < 1.29 is 5.43 Å². The summed E-state index contributed by atoms with van der Waals surface area (Å²) >= 11 is 0. The van der Waals surface area contributed by atoms with Crippen LogP contribution in [0, 0.1) is 0 Å². The number of pyridine rings is 1. The van der Waals surface area contributed by atoms with Crippen molar-refractivity contribution in [3.8, 4) is 0 Å². The molecule has 0 aromatic carbocycles. The van der Waals surface area contributed by atoms with Crippen molar-refractivity contribution in [2.75, 3.05) is 5.43 Å². The Labute approximate surface area is 52.2 Å². The van der Waals surface area contributed by atoms with Crippen LogP contribution in [-0.2, 0) is 0 Å². The van der Waals surface area contributed by atoms with Gasteiger partial charge in [0.1, 0.15) is 5.69 Å². The maximum atomic E-state index is 4.05. The summed E-state index contributed by atoms with van der Waals surface area (Å²) in [4.78, 5) is 4.05. The first-order valence-corrected chi connectivity index (χ1v) is 2.71. The molecule has 1 aromatic heterocycles. The average Bonchev–Trinajstić information content (AvgIpc) is 2.33. The largest absolute Gasteiger partial charge is 0.433 e.